The van der Waals surface area contributed by atoms with E-state index in [1.54, 1.807) is 53.4 Å². The van der Waals surface area contributed by atoms with Gasteiger partial charge < -0.3 is 19.1 Å². The minimum Gasteiger partial charge on any atom is -0.377 e. The van der Waals surface area contributed by atoms with Crippen LogP contribution in [0.3, 0.4) is 0 Å². The molecule has 2 aliphatic heterocycles. The Balaban J connectivity index is 1.63. The summed E-state index contributed by atoms with van der Waals surface area (Å²) in [4.78, 5) is 42.8. The van der Waals surface area contributed by atoms with Gasteiger partial charge in [0.05, 0.1) is 50.8 Å². The quantitative estimate of drug-likeness (QED) is 0.681. The van der Waals surface area contributed by atoms with Crippen LogP contribution < -0.4 is 0 Å². The van der Waals surface area contributed by atoms with Crippen molar-refractivity contribution in [3.8, 4) is 0 Å². The predicted octanol–water partition coefficient (Wildman–Crippen LogP) is 1.92. The minimum absolute atomic E-state index is 0.312. The fraction of sp³-hybridized carbons (Fsp3) is 0.375. The highest BCUT2D eigenvalue weighted by Gasteiger charge is 2.44. The fourth-order valence-electron chi connectivity index (χ4n) is 3.88. The summed E-state index contributed by atoms with van der Waals surface area (Å²) in [5.41, 5.74) is 1.20. The second-order valence-electron chi connectivity index (χ2n) is 7.50. The first-order valence-corrected chi connectivity index (χ1v) is 10.7. The normalized spacial score (nSPS) is 19.1. The van der Waals surface area contributed by atoms with Gasteiger partial charge in [-0.2, -0.15) is 0 Å². The molecule has 2 aliphatic rings. The molecule has 1 saturated heterocycles. The number of hydrogen-bond donors (Lipinski definition) is 0. The van der Waals surface area contributed by atoms with Crippen molar-refractivity contribution in [2.75, 3.05) is 52.7 Å². The van der Waals surface area contributed by atoms with Crippen molar-refractivity contribution >= 4 is 17.7 Å². The van der Waals surface area contributed by atoms with Crippen LogP contribution in [0.15, 0.2) is 54.6 Å². The van der Waals surface area contributed by atoms with Crippen molar-refractivity contribution in [1.29, 1.82) is 0 Å². The lowest BCUT2D eigenvalue weighted by Crippen LogP contribution is -2.47. The highest BCUT2D eigenvalue weighted by Crippen LogP contribution is 2.32. The number of benzene rings is 2. The van der Waals surface area contributed by atoms with Crippen molar-refractivity contribution < 1.29 is 28.6 Å². The van der Waals surface area contributed by atoms with E-state index in [0.717, 1.165) is 4.90 Å². The van der Waals surface area contributed by atoms with E-state index in [1.165, 1.54) is 0 Å². The third-order valence-corrected chi connectivity index (χ3v) is 5.50. The van der Waals surface area contributed by atoms with Crippen LogP contribution in [0.25, 0.3) is 0 Å². The number of nitrogens with zero attached hydrogens (tertiary/aromatic N) is 2. The second kappa shape index (κ2) is 10.5. The molecule has 4 rings (SSSR count). The number of amides is 3. The van der Waals surface area contributed by atoms with Crippen LogP contribution in [0.2, 0.25) is 0 Å². The summed E-state index contributed by atoms with van der Waals surface area (Å²) < 4.78 is 16.6. The molecule has 0 bridgehead atoms. The monoisotopic (exact) mass is 438 g/mol. The van der Waals surface area contributed by atoms with Crippen molar-refractivity contribution in [3.63, 3.8) is 0 Å². The summed E-state index contributed by atoms with van der Waals surface area (Å²) in [5.74, 6) is -1.27. The maximum Gasteiger partial charge on any atom is 0.262 e. The van der Waals surface area contributed by atoms with Crippen LogP contribution >= 0.6 is 0 Å². The van der Waals surface area contributed by atoms with Crippen molar-refractivity contribution in [2.24, 2.45) is 0 Å². The van der Waals surface area contributed by atoms with E-state index in [-0.39, 0.29) is 5.91 Å². The third-order valence-electron chi connectivity index (χ3n) is 5.50. The standard InChI is InChI=1S/C24H26N2O6/c27-22-19-8-4-5-9-20(19)23(28)26(22)21(18-6-2-1-3-7-18)24(29)25-10-12-30-14-16-32-17-15-31-13-11-25/h1-9,21H,10-17H2/t21-/m0/s1. The fourth-order valence-corrected chi connectivity index (χ4v) is 3.88. The van der Waals surface area contributed by atoms with Crippen LogP contribution in [0.5, 0.6) is 0 Å². The number of imide groups is 1. The van der Waals surface area contributed by atoms with E-state index in [9.17, 15) is 14.4 Å². The van der Waals surface area contributed by atoms with Crippen LogP contribution in [-0.4, -0.2) is 80.3 Å². The number of fused-ring (bicyclic) bond motifs is 1. The highest BCUT2D eigenvalue weighted by molar-refractivity contribution is 6.22. The Morgan fingerprint density at radius 1 is 0.688 bits per heavy atom. The van der Waals surface area contributed by atoms with Gasteiger partial charge in [-0.3, -0.25) is 19.3 Å². The van der Waals surface area contributed by atoms with Crippen LogP contribution in [0.1, 0.15) is 32.3 Å². The molecule has 0 N–H and O–H groups in total. The minimum atomic E-state index is -1.07. The van der Waals surface area contributed by atoms with Gasteiger partial charge in [0, 0.05) is 13.1 Å². The van der Waals surface area contributed by atoms with E-state index < -0.39 is 17.9 Å². The lowest BCUT2D eigenvalue weighted by Gasteiger charge is -2.32. The zero-order valence-corrected chi connectivity index (χ0v) is 17.8. The van der Waals surface area contributed by atoms with Gasteiger partial charge in [0.15, 0.2) is 0 Å². The molecule has 1 fully saturated rings. The molecule has 0 unspecified atom stereocenters. The smallest absolute Gasteiger partial charge is 0.262 e. The van der Waals surface area contributed by atoms with Gasteiger partial charge in [0.2, 0.25) is 0 Å². The molecule has 168 valence electrons. The van der Waals surface area contributed by atoms with Gasteiger partial charge in [-0.05, 0) is 17.7 Å². The van der Waals surface area contributed by atoms with E-state index >= 15 is 0 Å². The number of carbonyl (C=O) groups is 3. The van der Waals surface area contributed by atoms with E-state index in [1.807, 2.05) is 6.07 Å². The first-order chi connectivity index (χ1) is 15.7. The lowest BCUT2D eigenvalue weighted by molar-refractivity contribution is -0.137. The molecule has 0 aromatic heterocycles. The van der Waals surface area contributed by atoms with Crippen LogP contribution in [0, 0.1) is 0 Å². The first-order valence-electron chi connectivity index (χ1n) is 10.7. The number of hydrogen-bond acceptors (Lipinski definition) is 6. The average Bonchev–Trinajstić information content (AvgIpc) is 3.06. The highest BCUT2D eigenvalue weighted by atomic mass is 16.5. The molecule has 0 saturated carbocycles. The molecule has 2 aromatic rings. The second-order valence-corrected chi connectivity index (χ2v) is 7.50. The summed E-state index contributed by atoms with van der Waals surface area (Å²) in [5, 5.41) is 0. The Kier molecular flexibility index (Phi) is 7.26. The van der Waals surface area contributed by atoms with E-state index in [0.29, 0.717) is 69.4 Å². The Labute approximate surface area is 186 Å². The molecule has 8 nitrogen and oxygen atoms in total. The lowest BCUT2D eigenvalue weighted by atomic mass is 10.0. The van der Waals surface area contributed by atoms with Gasteiger partial charge >= 0.3 is 0 Å². The molecule has 0 spiro atoms. The van der Waals surface area contributed by atoms with Crippen molar-refractivity contribution in [2.45, 2.75) is 6.04 Å². The van der Waals surface area contributed by atoms with E-state index in [2.05, 4.69) is 0 Å². The predicted molar refractivity (Wildman–Crippen MR) is 115 cm³/mol. The van der Waals surface area contributed by atoms with Gasteiger partial charge in [-0.15, -0.1) is 0 Å². The molecule has 3 amide bonds. The Bertz CT molecular complexity index is 917. The van der Waals surface area contributed by atoms with Crippen LogP contribution in [-0.2, 0) is 19.0 Å². The van der Waals surface area contributed by atoms with Gasteiger partial charge in [0.1, 0.15) is 6.04 Å². The molecule has 32 heavy (non-hydrogen) atoms. The summed E-state index contributed by atoms with van der Waals surface area (Å²) >= 11 is 0. The largest absolute Gasteiger partial charge is 0.377 e. The number of rotatable bonds is 3. The van der Waals surface area contributed by atoms with Crippen molar-refractivity contribution in [3.05, 3.63) is 71.3 Å². The summed E-state index contributed by atoms with van der Waals surface area (Å²) in [7, 11) is 0. The molecule has 2 heterocycles. The Hall–Kier alpha value is -3.07. The molecule has 0 radical (unpaired) electrons. The average molecular weight is 438 g/mol. The molecule has 1 atom stereocenters. The summed E-state index contributed by atoms with van der Waals surface area (Å²) in [6.07, 6.45) is 0. The molecule has 8 heteroatoms. The molecular weight excluding hydrogens is 412 g/mol. The number of ether oxygens (including phenoxy) is 3. The third kappa shape index (κ3) is 4.72. The topological polar surface area (TPSA) is 85.4 Å². The van der Waals surface area contributed by atoms with Crippen LogP contribution in [0.4, 0.5) is 0 Å². The molecule has 2 aromatic carbocycles. The van der Waals surface area contributed by atoms with Gasteiger partial charge in [-0.25, -0.2) is 0 Å². The molecular formula is C24H26N2O6. The first kappa shape index (κ1) is 22.1. The Morgan fingerprint density at radius 3 is 1.69 bits per heavy atom. The number of carbonyl (C=O) groups excluding carboxylic acids is 3. The zero-order valence-electron chi connectivity index (χ0n) is 17.8. The van der Waals surface area contributed by atoms with Gasteiger partial charge in [0.25, 0.3) is 17.7 Å². The SMILES string of the molecule is O=C([C@H](c1ccccc1)N1C(=O)c2ccccc2C1=O)N1CCOCCOCCOCC1. The summed E-state index contributed by atoms with van der Waals surface area (Å²) in [6.45, 7) is 3.02. The maximum absolute atomic E-state index is 13.8. The summed E-state index contributed by atoms with van der Waals surface area (Å²) in [6, 6.07) is 14.5. The van der Waals surface area contributed by atoms with E-state index in [4.69, 9.17) is 14.2 Å². The van der Waals surface area contributed by atoms with Gasteiger partial charge in [-0.1, -0.05) is 42.5 Å². The van der Waals surface area contributed by atoms with Crippen molar-refractivity contribution in [1.82, 2.24) is 9.80 Å². The molecule has 0 aliphatic carbocycles. The zero-order chi connectivity index (χ0) is 22.3. The Morgan fingerprint density at radius 2 is 1.16 bits per heavy atom. The maximum atomic E-state index is 13.8.